The van der Waals surface area contributed by atoms with Gasteiger partial charge in [-0.25, -0.2) is 0 Å². The van der Waals surface area contributed by atoms with Gasteiger partial charge in [-0.05, 0) is 41.7 Å². The lowest BCUT2D eigenvalue weighted by Gasteiger charge is -2.42. The maximum atomic E-state index is 10.8. The number of ether oxygens (including phenoxy) is 4. The number of nitrogens with zero attached hydrogens (tertiary/aromatic N) is 1. The van der Waals surface area contributed by atoms with Crippen LogP contribution in [0.5, 0.6) is 28.7 Å². The molecule has 7 heteroatoms. The van der Waals surface area contributed by atoms with Crippen LogP contribution in [0.4, 0.5) is 0 Å². The van der Waals surface area contributed by atoms with E-state index in [2.05, 4.69) is 39.0 Å². The molecule has 1 atom stereocenters. The van der Waals surface area contributed by atoms with E-state index < -0.39 is 0 Å². The van der Waals surface area contributed by atoms with Crippen molar-refractivity contribution >= 4 is 15.9 Å². The second kappa shape index (κ2) is 9.39. The Hall–Kier alpha value is -2.90. The van der Waals surface area contributed by atoms with Gasteiger partial charge in [0, 0.05) is 34.7 Å². The van der Waals surface area contributed by atoms with Crippen molar-refractivity contribution in [1.82, 2.24) is 4.90 Å². The van der Waals surface area contributed by atoms with Crippen LogP contribution in [0.2, 0.25) is 0 Å². The molecule has 0 saturated heterocycles. The summed E-state index contributed by atoms with van der Waals surface area (Å²) < 4.78 is 24.3. The molecule has 34 heavy (non-hydrogen) atoms. The summed E-state index contributed by atoms with van der Waals surface area (Å²) in [5.74, 6) is 2.73. The van der Waals surface area contributed by atoms with Gasteiger partial charge in [0.15, 0.2) is 23.0 Å². The molecule has 3 aromatic carbocycles. The first-order valence-corrected chi connectivity index (χ1v) is 12.1. The summed E-state index contributed by atoms with van der Waals surface area (Å²) in [6.45, 7) is 1.94. The predicted octanol–water partition coefficient (Wildman–Crippen LogP) is 5.42. The van der Waals surface area contributed by atoms with Crippen molar-refractivity contribution in [3.63, 3.8) is 0 Å². The first-order chi connectivity index (χ1) is 16.5. The van der Waals surface area contributed by atoms with Gasteiger partial charge in [-0.2, -0.15) is 0 Å². The van der Waals surface area contributed by atoms with Crippen LogP contribution in [0.25, 0.3) is 0 Å². The van der Waals surface area contributed by atoms with E-state index in [-0.39, 0.29) is 11.8 Å². The van der Waals surface area contributed by atoms with Gasteiger partial charge < -0.3 is 24.1 Å². The molecule has 178 valence electrons. The Bertz CT molecular complexity index is 1210. The minimum absolute atomic E-state index is 0.0888. The van der Waals surface area contributed by atoms with Crippen LogP contribution >= 0.6 is 15.9 Å². The van der Waals surface area contributed by atoms with Crippen molar-refractivity contribution < 1.29 is 24.1 Å². The summed E-state index contributed by atoms with van der Waals surface area (Å²) in [7, 11) is 4.88. The number of phenolic OH excluding ortho intramolecular Hbond substituents is 1. The van der Waals surface area contributed by atoms with Gasteiger partial charge in [-0.15, -0.1) is 0 Å². The third kappa shape index (κ3) is 3.87. The normalized spacial score (nSPS) is 16.8. The highest BCUT2D eigenvalue weighted by Crippen LogP contribution is 2.52. The fourth-order valence-corrected chi connectivity index (χ4v) is 5.75. The van der Waals surface area contributed by atoms with Crippen molar-refractivity contribution in [1.29, 1.82) is 0 Å². The average molecular weight is 526 g/mol. The monoisotopic (exact) mass is 525 g/mol. The van der Waals surface area contributed by atoms with Gasteiger partial charge in [0.2, 0.25) is 5.75 Å². The molecule has 0 spiro atoms. The predicted molar refractivity (Wildman–Crippen MR) is 133 cm³/mol. The molecule has 6 nitrogen and oxygen atoms in total. The molecule has 0 amide bonds. The largest absolute Gasteiger partial charge is 0.504 e. The zero-order valence-corrected chi connectivity index (χ0v) is 21.1. The van der Waals surface area contributed by atoms with Gasteiger partial charge in [0.1, 0.15) is 6.61 Å². The summed E-state index contributed by atoms with van der Waals surface area (Å²) in [5, 5.41) is 10.8. The number of fused-ring (bicyclic) bond motifs is 4. The average Bonchev–Trinajstić information content (AvgIpc) is 2.88. The molecule has 0 aliphatic carbocycles. The Kier molecular flexibility index (Phi) is 6.32. The van der Waals surface area contributed by atoms with Crippen LogP contribution in [0, 0.1) is 0 Å². The Balaban J connectivity index is 1.61. The van der Waals surface area contributed by atoms with Gasteiger partial charge >= 0.3 is 0 Å². The van der Waals surface area contributed by atoms with Crippen LogP contribution in [-0.4, -0.2) is 37.9 Å². The second-order valence-corrected chi connectivity index (χ2v) is 9.45. The summed E-state index contributed by atoms with van der Waals surface area (Å²) >= 11 is 3.71. The number of benzene rings is 3. The number of halogens is 1. The maximum absolute atomic E-state index is 10.8. The molecule has 0 fully saturated rings. The minimum atomic E-state index is 0.0888. The van der Waals surface area contributed by atoms with Gasteiger partial charge in [-0.3, -0.25) is 4.90 Å². The van der Waals surface area contributed by atoms with E-state index in [0.29, 0.717) is 30.4 Å². The lowest BCUT2D eigenvalue weighted by Crippen LogP contribution is -2.40. The number of aromatic hydroxyl groups is 1. The number of hydrogen-bond acceptors (Lipinski definition) is 6. The summed E-state index contributed by atoms with van der Waals surface area (Å²) in [6.07, 6.45) is 1.59. The first-order valence-electron chi connectivity index (χ1n) is 11.3. The molecule has 1 unspecified atom stereocenters. The first kappa shape index (κ1) is 22.9. The van der Waals surface area contributed by atoms with Crippen LogP contribution in [0.15, 0.2) is 46.9 Å². The Morgan fingerprint density at radius 1 is 0.971 bits per heavy atom. The fraction of sp³-hybridized carbons (Fsp3) is 0.333. The third-order valence-electron chi connectivity index (χ3n) is 6.83. The quantitative estimate of drug-likeness (QED) is 0.464. The molecule has 3 aromatic rings. The maximum Gasteiger partial charge on any atom is 0.203 e. The highest BCUT2D eigenvalue weighted by atomic mass is 79.9. The van der Waals surface area contributed by atoms with Crippen molar-refractivity contribution in [2.45, 2.75) is 32.0 Å². The van der Waals surface area contributed by atoms with Crippen molar-refractivity contribution in [3.05, 3.63) is 74.8 Å². The van der Waals surface area contributed by atoms with Crippen molar-refractivity contribution in [3.8, 4) is 28.7 Å². The zero-order valence-electron chi connectivity index (χ0n) is 19.6. The van der Waals surface area contributed by atoms with E-state index in [1.165, 1.54) is 5.56 Å². The molecule has 0 radical (unpaired) electrons. The summed E-state index contributed by atoms with van der Waals surface area (Å²) in [5.41, 5.74) is 5.43. The Morgan fingerprint density at radius 3 is 2.44 bits per heavy atom. The van der Waals surface area contributed by atoms with Crippen LogP contribution < -0.4 is 18.9 Å². The smallest absolute Gasteiger partial charge is 0.203 e. The topological polar surface area (TPSA) is 60.4 Å². The van der Waals surface area contributed by atoms with E-state index in [1.54, 1.807) is 21.3 Å². The van der Waals surface area contributed by atoms with Crippen molar-refractivity contribution in [2.24, 2.45) is 0 Å². The molecular weight excluding hydrogens is 498 g/mol. The van der Waals surface area contributed by atoms with Gasteiger partial charge in [-0.1, -0.05) is 46.3 Å². The minimum Gasteiger partial charge on any atom is -0.504 e. The van der Waals surface area contributed by atoms with E-state index in [0.717, 1.165) is 51.9 Å². The molecule has 5 rings (SSSR count). The summed E-state index contributed by atoms with van der Waals surface area (Å²) in [6, 6.07) is 14.1. The SMILES string of the molecule is COc1cc(Br)c2c(c1O)CN1CCc3cc(OC)c(OC)c(OCc4ccccc4)c3C1C2. The highest BCUT2D eigenvalue weighted by molar-refractivity contribution is 9.10. The fourth-order valence-electron chi connectivity index (χ4n) is 5.14. The number of methoxy groups -OCH3 is 3. The Morgan fingerprint density at radius 2 is 1.74 bits per heavy atom. The van der Waals surface area contributed by atoms with Crippen LogP contribution in [-0.2, 0) is 26.0 Å². The van der Waals surface area contributed by atoms with Crippen molar-refractivity contribution in [2.75, 3.05) is 27.9 Å². The number of phenols is 1. The molecule has 2 aliphatic heterocycles. The molecule has 2 heterocycles. The highest BCUT2D eigenvalue weighted by Gasteiger charge is 2.38. The zero-order chi connectivity index (χ0) is 23.8. The van der Waals surface area contributed by atoms with Crippen LogP contribution in [0.1, 0.15) is 33.9 Å². The second-order valence-electron chi connectivity index (χ2n) is 8.60. The van der Waals surface area contributed by atoms with E-state index in [1.807, 2.05) is 24.3 Å². The van der Waals surface area contributed by atoms with Crippen LogP contribution in [0.3, 0.4) is 0 Å². The third-order valence-corrected chi connectivity index (χ3v) is 7.53. The molecular formula is C27H28BrNO5. The molecule has 0 bridgehead atoms. The van der Waals surface area contributed by atoms with E-state index in [9.17, 15) is 5.11 Å². The lowest BCUT2D eigenvalue weighted by molar-refractivity contribution is 0.150. The van der Waals surface area contributed by atoms with E-state index in [4.69, 9.17) is 18.9 Å². The summed E-state index contributed by atoms with van der Waals surface area (Å²) in [4.78, 5) is 2.40. The van der Waals surface area contributed by atoms with Gasteiger partial charge in [0.05, 0.1) is 21.3 Å². The van der Waals surface area contributed by atoms with Gasteiger partial charge in [0.25, 0.3) is 0 Å². The number of rotatable bonds is 6. The molecule has 1 N–H and O–H groups in total. The molecule has 0 aromatic heterocycles. The lowest BCUT2D eigenvalue weighted by atomic mass is 9.83. The standard InChI is InChI=1S/C27H28BrNO5/c1-31-22-13-20(28)18-12-21-24-17(9-10-29(21)14-19(18)25(22)30)11-23(32-2)26(33-3)27(24)34-15-16-7-5-4-6-8-16/h4-8,11,13,21,30H,9-10,12,14-15H2,1-3H3. The molecule has 0 saturated carbocycles. The van der Waals surface area contributed by atoms with E-state index >= 15 is 0 Å². The number of hydrogen-bond donors (Lipinski definition) is 1. The molecule has 2 aliphatic rings. The Labute approximate surface area is 208 Å².